The van der Waals surface area contributed by atoms with Gasteiger partial charge in [0.15, 0.2) is 5.65 Å². The molecule has 0 fully saturated rings. The molecule has 1 aromatic carbocycles. The fourth-order valence-corrected chi connectivity index (χ4v) is 2.57. The summed E-state index contributed by atoms with van der Waals surface area (Å²) < 4.78 is 1.69. The number of fused-ring (bicyclic) bond motifs is 1. The predicted molar refractivity (Wildman–Crippen MR) is 90.9 cm³/mol. The Balaban J connectivity index is 2.03. The zero-order valence-corrected chi connectivity index (χ0v) is 13.6. The number of hydrogen-bond acceptors (Lipinski definition) is 3. The van der Waals surface area contributed by atoms with Crippen molar-refractivity contribution >= 4 is 11.5 Å². The summed E-state index contributed by atoms with van der Waals surface area (Å²) in [6.45, 7) is 8.68. The molecule has 4 nitrogen and oxygen atoms in total. The van der Waals surface area contributed by atoms with Crippen LogP contribution in [-0.2, 0) is 5.41 Å². The van der Waals surface area contributed by atoms with Crippen molar-refractivity contribution in [3.63, 3.8) is 0 Å². The fourth-order valence-electron chi connectivity index (χ4n) is 2.57. The molecule has 0 atom stereocenters. The molecule has 0 unspecified atom stereocenters. The van der Waals surface area contributed by atoms with Crippen LogP contribution in [0.2, 0.25) is 0 Å². The average molecular weight is 294 g/mol. The molecule has 0 amide bonds. The third-order valence-corrected chi connectivity index (χ3v) is 4.43. The number of anilines is 1. The van der Waals surface area contributed by atoms with Crippen molar-refractivity contribution in [2.75, 3.05) is 5.73 Å². The highest BCUT2D eigenvalue weighted by molar-refractivity contribution is 5.65. The van der Waals surface area contributed by atoms with E-state index in [-0.39, 0.29) is 5.41 Å². The van der Waals surface area contributed by atoms with E-state index in [1.165, 1.54) is 5.56 Å². The molecule has 3 rings (SSSR count). The lowest BCUT2D eigenvalue weighted by molar-refractivity contribution is 0.506. The molecule has 0 aliphatic heterocycles. The molecule has 0 spiro atoms. The van der Waals surface area contributed by atoms with Gasteiger partial charge in [-0.3, -0.25) is 0 Å². The van der Waals surface area contributed by atoms with Gasteiger partial charge in [-0.25, -0.2) is 4.98 Å². The number of nitrogen functional groups attached to an aromatic ring is 1. The molecule has 0 aliphatic carbocycles. The Morgan fingerprint density at radius 2 is 1.82 bits per heavy atom. The van der Waals surface area contributed by atoms with Crippen LogP contribution in [0.5, 0.6) is 0 Å². The van der Waals surface area contributed by atoms with Crippen LogP contribution in [0.1, 0.15) is 38.4 Å². The van der Waals surface area contributed by atoms with Gasteiger partial charge in [0.25, 0.3) is 0 Å². The molecule has 2 aromatic heterocycles. The number of rotatable bonds is 3. The van der Waals surface area contributed by atoms with Crippen molar-refractivity contribution in [1.82, 2.24) is 14.6 Å². The molecule has 2 N–H and O–H groups in total. The molecule has 3 aromatic rings. The van der Waals surface area contributed by atoms with Crippen molar-refractivity contribution in [2.45, 2.75) is 39.5 Å². The van der Waals surface area contributed by atoms with Gasteiger partial charge in [0.1, 0.15) is 5.82 Å². The molecule has 0 bridgehead atoms. The van der Waals surface area contributed by atoms with Gasteiger partial charge in [0.05, 0.1) is 5.69 Å². The summed E-state index contributed by atoms with van der Waals surface area (Å²) in [5.41, 5.74) is 11.2. The number of aryl methyl sites for hydroxylation is 1. The summed E-state index contributed by atoms with van der Waals surface area (Å²) in [6, 6.07) is 12.4. The smallest absolute Gasteiger partial charge is 0.158 e. The lowest BCUT2D eigenvalue weighted by atomic mass is 9.82. The van der Waals surface area contributed by atoms with Gasteiger partial charge in [0.2, 0.25) is 0 Å². The minimum Gasteiger partial charge on any atom is -0.384 e. The van der Waals surface area contributed by atoms with E-state index >= 15 is 0 Å². The Labute approximate surface area is 131 Å². The van der Waals surface area contributed by atoms with Crippen LogP contribution >= 0.6 is 0 Å². The van der Waals surface area contributed by atoms with Gasteiger partial charge >= 0.3 is 0 Å². The van der Waals surface area contributed by atoms with Gasteiger partial charge in [0, 0.05) is 23.4 Å². The van der Waals surface area contributed by atoms with Crippen molar-refractivity contribution in [2.24, 2.45) is 0 Å². The first-order valence-electron chi connectivity index (χ1n) is 7.64. The molecule has 2 heterocycles. The van der Waals surface area contributed by atoms with E-state index < -0.39 is 0 Å². The summed E-state index contributed by atoms with van der Waals surface area (Å²) in [5.74, 6) is 0.609. The average Bonchev–Trinajstić information content (AvgIpc) is 2.91. The summed E-state index contributed by atoms with van der Waals surface area (Å²) >= 11 is 0. The third-order valence-electron chi connectivity index (χ3n) is 4.43. The highest BCUT2D eigenvalue weighted by Gasteiger charge is 2.18. The van der Waals surface area contributed by atoms with E-state index in [9.17, 15) is 0 Å². The molecule has 0 saturated heterocycles. The molecule has 4 heteroatoms. The number of benzene rings is 1. The Morgan fingerprint density at radius 3 is 2.45 bits per heavy atom. The minimum atomic E-state index is 0.195. The van der Waals surface area contributed by atoms with E-state index in [4.69, 9.17) is 5.73 Å². The van der Waals surface area contributed by atoms with Crippen LogP contribution in [0.25, 0.3) is 16.9 Å². The van der Waals surface area contributed by atoms with E-state index in [2.05, 4.69) is 55.1 Å². The van der Waals surface area contributed by atoms with E-state index in [1.807, 2.05) is 19.1 Å². The first-order valence-corrected chi connectivity index (χ1v) is 7.64. The molecule has 0 aliphatic rings. The summed E-state index contributed by atoms with van der Waals surface area (Å²) in [5, 5.41) is 4.56. The lowest BCUT2D eigenvalue weighted by Gasteiger charge is -2.23. The number of hydrogen-bond donors (Lipinski definition) is 1. The summed E-state index contributed by atoms with van der Waals surface area (Å²) in [7, 11) is 0. The van der Waals surface area contributed by atoms with Crippen LogP contribution in [0, 0.1) is 6.92 Å². The fraction of sp³-hybridized carbons (Fsp3) is 0.333. The SMILES string of the molecule is CCC(C)(C)c1ccc(-c2cc3nc(C)cc(N)n3n2)cc1. The first kappa shape index (κ1) is 14.6. The number of nitrogens with two attached hydrogens (primary N) is 1. The maximum atomic E-state index is 6.01. The van der Waals surface area contributed by atoms with E-state index in [0.29, 0.717) is 5.82 Å². The minimum absolute atomic E-state index is 0.195. The van der Waals surface area contributed by atoms with Crippen LogP contribution in [-0.4, -0.2) is 14.6 Å². The van der Waals surface area contributed by atoms with Gasteiger partial charge in [-0.15, -0.1) is 0 Å². The second-order valence-corrected chi connectivity index (χ2v) is 6.44. The predicted octanol–water partition coefficient (Wildman–Crippen LogP) is 3.97. The first-order chi connectivity index (χ1) is 10.4. The Morgan fingerprint density at radius 1 is 1.14 bits per heavy atom. The topological polar surface area (TPSA) is 56.2 Å². The van der Waals surface area contributed by atoms with Crippen LogP contribution < -0.4 is 5.73 Å². The van der Waals surface area contributed by atoms with Crippen LogP contribution in [0.4, 0.5) is 5.82 Å². The van der Waals surface area contributed by atoms with E-state index in [1.54, 1.807) is 4.52 Å². The van der Waals surface area contributed by atoms with Crippen molar-refractivity contribution < 1.29 is 0 Å². The van der Waals surface area contributed by atoms with Gasteiger partial charge < -0.3 is 5.73 Å². The monoisotopic (exact) mass is 294 g/mol. The zero-order chi connectivity index (χ0) is 15.9. The number of aromatic nitrogens is 3. The summed E-state index contributed by atoms with van der Waals surface area (Å²) in [4.78, 5) is 4.47. The van der Waals surface area contributed by atoms with E-state index in [0.717, 1.165) is 29.0 Å². The largest absolute Gasteiger partial charge is 0.384 e. The molecule has 0 saturated carbocycles. The van der Waals surface area contributed by atoms with Crippen LogP contribution in [0.15, 0.2) is 36.4 Å². The van der Waals surface area contributed by atoms with Crippen molar-refractivity contribution in [3.05, 3.63) is 47.7 Å². The third kappa shape index (κ3) is 2.45. The van der Waals surface area contributed by atoms with Crippen LogP contribution in [0.3, 0.4) is 0 Å². The van der Waals surface area contributed by atoms with Crippen molar-refractivity contribution in [1.29, 1.82) is 0 Å². The molecular weight excluding hydrogens is 272 g/mol. The number of nitrogens with zero attached hydrogens (tertiary/aromatic N) is 3. The molecule has 0 radical (unpaired) electrons. The Kier molecular flexibility index (Phi) is 3.39. The molecule has 22 heavy (non-hydrogen) atoms. The lowest BCUT2D eigenvalue weighted by Crippen LogP contribution is -2.14. The highest BCUT2D eigenvalue weighted by Crippen LogP contribution is 2.29. The normalized spacial score (nSPS) is 12.0. The zero-order valence-electron chi connectivity index (χ0n) is 13.6. The van der Waals surface area contributed by atoms with Gasteiger partial charge in [-0.2, -0.15) is 9.61 Å². The molecular formula is C18H22N4. The van der Waals surface area contributed by atoms with Gasteiger partial charge in [-0.1, -0.05) is 45.0 Å². The maximum Gasteiger partial charge on any atom is 0.158 e. The summed E-state index contributed by atoms with van der Waals surface area (Å²) in [6.07, 6.45) is 1.11. The molecule has 114 valence electrons. The standard InChI is InChI=1S/C18H22N4/c1-5-18(3,4)14-8-6-13(7-9-14)15-11-17-20-12(2)10-16(19)22(17)21-15/h6-11H,5,19H2,1-4H3. The van der Waals surface area contributed by atoms with Gasteiger partial charge in [-0.05, 0) is 24.3 Å². The Hall–Kier alpha value is -2.36. The second-order valence-electron chi connectivity index (χ2n) is 6.44. The van der Waals surface area contributed by atoms with Crippen molar-refractivity contribution in [3.8, 4) is 11.3 Å². The Bertz CT molecular complexity index is 813. The second kappa shape index (κ2) is 5.13. The maximum absolute atomic E-state index is 6.01. The highest BCUT2D eigenvalue weighted by atomic mass is 15.3. The quantitative estimate of drug-likeness (QED) is 0.795.